The molecule has 2 aromatic rings. The third-order valence-corrected chi connectivity index (χ3v) is 6.66. The number of hydrogen-bond donors (Lipinski definition) is 1. The van der Waals surface area contributed by atoms with Crippen molar-refractivity contribution in [3.05, 3.63) is 58.3 Å². The number of hydrogen-bond acceptors (Lipinski definition) is 5. The topological polar surface area (TPSA) is 66.8 Å². The van der Waals surface area contributed by atoms with E-state index in [0.29, 0.717) is 16.9 Å². The molecule has 0 bridgehead atoms. The highest BCUT2D eigenvalue weighted by Crippen LogP contribution is 2.35. The number of rotatable bonds is 8. The van der Waals surface area contributed by atoms with Crippen LogP contribution in [0.1, 0.15) is 11.1 Å². The molecule has 1 aromatic heterocycles. The minimum atomic E-state index is -4.78. The first kappa shape index (κ1) is 23.2. The standard InChI is InChI=1S/C21H20F3NO4S2/c1-29-16-4-2-13(3-5-16)10-31-12-17(21(22,23)24)19(26)25-9-15(8-18(25)20(27)28)14-6-7-30-11-14/h2-8,11,17-18H,9-10,12H2,1H3,(H,27,28). The van der Waals surface area contributed by atoms with Gasteiger partial charge in [0.25, 0.3) is 0 Å². The molecule has 1 aromatic carbocycles. The van der Waals surface area contributed by atoms with Crippen LogP contribution in [0.3, 0.4) is 0 Å². The van der Waals surface area contributed by atoms with Gasteiger partial charge in [-0.25, -0.2) is 4.79 Å². The van der Waals surface area contributed by atoms with Gasteiger partial charge in [0.2, 0.25) is 5.91 Å². The van der Waals surface area contributed by atoms with E-state index in [-0.39, 0.29) is 12.3 Å². The lowest BCUT2D eigenvalue weighted by Gasteiger charge is -2.28. The SMILES string of the molecule is COc1ccc(CSCC(C(=O)N2CC(c3ccsc3)=CC2C(=O)O)C(F)(F)F)cc1. The quantitative estimate of drug-likeness (QED) is 0.612. The molecule has 10 heteroatoms. The second kappa shape index (κ2) is 9.78. The molecule has 166 valence electrons. The Morgan fingerprint density at radius 2 is 2.00 bits per heavy atom. The molecule has 0 saturated carbocycles. The van der Waals surface area contributed by atoms with Crippen LogP contribution in [-0.4, -0.2) is 53.5 Å². The molecule has 2 heterocycles. The minimum absolute atomic E-state index is 0.164. The largest absolute Gasteiger partial charge is 0.497 e. The molecule has 1 aliphatic heterocycles. The summed E-state index contributed by atoms with van der Waals surface area (Å²) in [7, 11) is 1.52. The van der Waals surface area contributed by atoms with Crippen molar-refractivity contribution in [2.45, 2.75) is 18.0 Å². The maximum absolute atomic E-state index is 13.7. The summed E-state index contributed by atoms with van der Waals surface area (Å²) in [6.07, 6.45) is -3.43. The molecule has 0 radical (unpaired) electrons. The van der Waals surface area contributed by atoms with E-state index >= 15 is 0 Å². The number of benzene rings is 1. The Labute approximate surface area is 185 Å². The van der Waals surface area contributed by atoms with Gasteiger partial charge < -0.3 is 14.7 Å². The van der Waals surface area contributed by atoms with Gasteiger partial charge in [-0.15, -0.1) is 0 Å². The summed E-state index contributed by atoms with van der Waals surface area (Å²) < 4.78 is 46.2. The molecule has 2 unspecified atom stereocenters. The highest BCUT2D eigenvalue weighted by Gasteiger charge is 2.49. The minimum Gasteiger partial charge on any atom is -0.497 e. The second-order valence-electron chi connectivity index (χ2n) is 6.91. The molecule has 1 N–H and O–H groups in total. The van der Waals surface area contributed by atoms with Crippen molar-refractivity contribution in [3.63, 3.8) is 0 Å². The molecule has 3 rings (SSSR count). The highest BCUT2D eigenvalue weighted by molar-refractivity contribution is 7.98. The summed E-state index contributed by atoms with van der Waals surface area (Å²) >= 11 is 2.36. The zero-order valence-electron chi connectivity index (χ0n) is 16.5. The summed E-state index contributed by atoms with van der Waals surface area (Å²) in [4.78, 5) is 25.3. The van der Waals surface area contributed by atoms with Crippen LogP contribution in [0.2, 0.25) is 0 Å². The molecule has 0 fully saturated rings. The average Bonchev–Trinajstić information content (AvgIpc) is 3.40. The van der Waals surface area contributed by atoms with Crippen LogP contribution >= 0.6 is 23.1 Å². The van der Waals surface area contributed by atoms with Crippen molar-refractivity contribution in [1.29, 1.82) is 0 Å². The van der Waals surface area contributed by atoms with Crippen LogP contribution < -0.4 is 4.74 Å². The molecular weight excluding hydrogens is 451 g/mol. The number of carbonyl (C=O) groups is 2. The lowest BCUT2D eigenvalue weighted by atomic mass is 10.1. The number of amides is 1. The molecule has 0 spiro atoms. The van der Waals surface area contributed by atoms with Crippen LogP contribution in [0, 0.1) is 5.92 Å². The van der Waals surface area contributed by atoms with Gasteiger partial charge >= 0.3 is 12.1 Å². The first-order valence-corrected chi connectivity index (χ1v) is 11.3. The number of alkyl halides is 3. The van der Waals surface area contributed by atoms with Gasteiger partial charge in [0.15, 0.2) is 0 Å². The summed E-state index contributed by atoms with van der Waals surface area (Å²) in [5.41, 5.74) is 2.04. The van der Waals surface area contributed by atoms with Crippen molar-refractivity contribution in [1.82, 2.24) is 4.90 Å². The summed E-state index contributed by atoms with van der Waals surface area (Å²) in [6, 6.07) is 7.24. The molecule has 5 nitrogen and oxygen atoms in total. The smallest absolute Gasteiger partial charge is 0.401 e. The molecule has 2 atom stereocenters. The molecule has 1 aliphatic rings. The van der Waals surface area contributed by atoms with Crippen LogP contribution in [0.5, 0.6) is 5.75 Å². The fraction of sp³-hybridized carbons (Fsp3) is 0.333. The van der Waals surface area contributed by atoms with E-state index in [4.69, 9.17) is 4.74 Å². The van der Waals surface area contributed by atoms with E-state index in [9.17, 15) is 27.9 Å². The number of aliphatic carboxylic acids is 1. The molecular formula is C21H20F3NO4S2. The summed E-state index contributed by atoms with van der Waals surface area (Å²) in [5, 5.41) is 13.0. The van der Waals surface area contributed by atoms with Gasteiger partial charge in [-0.1, -0.05) is 12.1 Å². The van der Waals surface area contributed by atoms with Gasteiger partial charge in [-0.05, 0) is 51.7 Å². The first-order valence-electron chi connectivity index (χ1n) is 9.24. The maximum atomic E-state index is 13.7. The number of methoxy groups -OCH3 is 1. The first-order chi connectivity index (χ1) is 14.7. The number of ether oxygens (including phenoxy) is 1. The number of carboxylic acids is 1. The Kier molecular flexibility index (Phi) is 7.32. The van der Waals surface area contributed by atoms with Gasteiger partial charge in [-0.2, -0.15) is 36.3 Å². The van der Waals surface area contributed by atoms with E-state index in [2.05, 4.69) is 0 Å². The van der Waals surface area contributed by atoms with E-state index in [1.165, 1.54) is 24.5 Å². The van der Waals surface area contributed by atoms with Crippen molar-refractivity contribution in [3.8, 4) is 5.75 Å². The lowest BCUT2D eigenvalue weighted by molar-refractivity contribution is -0.186. The maximum Gasteiger partial charge on any atom is 0.401 e. The summed E-state index contributed by atoms with van der Waals surface area (Å²) in [6.45, 7) is -0.164. The van der Waals surface area contributed by atoms with Crippen LogP contribution in [0.25, 0.3) is 5.57 Å². The number of carboxylic acid groups (broad SMARTS) is 1. The number of nitrogens with zero attached hydrogens (tertiary/aromatic N) is 1. The van der Waals surface area contributed by atoms with Crippen molar-refractivity contribution in [2.75, 3.05) is 19.4 Å². The van der Waals surface area contributed by atoms with Crippen molar-refractivity contribution >= 4 is 40.5 Å². The van der Waals surface area contributed by atoms with Crippen LogP contribution in [-0.2, 0) is 15.3 Å². The number of carbonyl (C=O) groups excluding carboxylic acids is 1. The summed E-state index contributed by atoms with van der Waals surface area (Å²) in [5.74, 6) is -4.43. The molecule has 0 aliphatic carbocycles. The Hall–Kier alpha value is -2.46. The predicted molar refractivity (Wildman–Crippen MR) is 114 cm³/mol. The molecule has 1 amide bonds. The zero-order chi connectivity index (χ0) is 22.6. The average molecular weight is 472 g/mol. The Bertz CT molecular complexity index is 943. The van der Waals surface area contributed by atoms with E-state index in [1.807, 2.05) is 0 Å². The predicted octanol–water partition coefficient (Wildman–Crippen LogP) is 4.55. The van der Waals surface area contributed by atoms with E-state index < -0.39 is 35.8 Å². The third-order valence-electron chi connectivity index (χ3n) is 4.87. The second-order valence-corrected chi connectivity index (χ2v) is 8.72. The third kappa shape index (κ3) is 5.62. The van der Waals surface area contributed by atoms with Crippen LogP contribution in [0.4, 0.5) is 13.2 Å². The number of thioether (sulfide) groups is 1. The lowest BCUT2D eigenvalue weighted by Crippen LogP contribution is -2.48. The Morgan fingerprint density at radius 3 is 2.55 bits per heavy atom. The Morgan fingerprint density at radius 1 is 1.29 bits per heavy atom. The highest BCUT2D eigenvalue weighted by atomic mass is 32.2. The Balaban J connectivity index is 1.70. The van der Waals surface area contributed by atoms with Gasteiger partial charge in [0.1, 0.15) is 17.7 Å². The normalized spacial score (nSPS) is 17.4. The van der Waals surface area contributed by atoms with Crippen LogP contribution in [0.15, 0.2) is 47.2 Å². The van der Waals surface area contributed by atoms with E-state index in [0.717, 1.165) is 22.2 Å². The van der Waals surface area contributed by atoms with E-state index in [1.54, 1.807) is 41.1 Å². The fourth-order valence-electron chi connectivity index (χ4n) is 3.19. The number of thiophene rings is 1. The zero-order valence-corrected chi connectivity index (χ0v) is 18.1. The fourth-order valence-corrected chi connectivity index (χ4v) is 4.99. The number of halogens is 3. The monoisotopic (exact) mass is 471 g/mol. The molecule has 0 saturated heterocycles. The molecule has 31 heavy (non-hydrogen) atoms. The van der Waals surface area contributed by atoms with Gasteiger partial charge in [0, 0.05) is 18.1 Å². The van der Waals surface area contributed by atoms with Gasteiger partial charge in [-0.3, -0.25) is 4.79 Å². The van der Waals surface area contributed by atoms with Crippen molar-refractivity contribution < 1.29 is 32.6 Å². The van der Waals surface area contributed by atoms with Gasteiger partial charge in [0.05, 0.1) is 7.11 Å². The van der Waals surface area contributed by atoms with Crippen molar-refractivity contribution in [2.24, 2.45) is 5.92 Å².